The summed E-state index contributed by atoms with van der Waals surface area (Å²) in [5.41, 5.74) is 1.03. The molecule has 1 aromatic rings. The van der Waals surface area contributed by atoms with Crippen LogP contribution < -0.4 is 15.5 Å². The predicted molar refractivity (Wildman–Crippen MR) is 118 cm³/mol. The maximum Gasteiger partial charge on any atom is 0.315 e. The molecule has 1 atom stereocenters. The lowest BCUT2D eigenvalue weighted by molar-refractivity contribution is -0.131. The molecule has 3 rings (SSSR count). The average Bonchev–Trinajstić information content (AvgIpc) is 2.94. The van der Waals surface area contributed by atoms with Gasteiger partial charge in [-0.1, -0.05) is 6.07 Å². The van der Waals surface area contributed by atoms with Gasteiger partial charge in [0.1, 0.15) is 0 Å². The average molecular weight is 451 g/mol. The Morgan fingerprint density at radius 1 is 1.31 bits per heavy atom. The van der Waals surface area contributed by atoms with Gasteiger partial charge in [-0.2, -0.15) is 8.78 Å². The molecule has 2 aliphatic heterocycles. The van der Waals surface area contributed by atoms with Crippen LogP contribution in [0.4, 0.5) is 14.5 Å². The zero-order valence-electron chi connectivity index (χ0n) is 19.1. The van der Waals surface area contributed by atoms with Crippen LogP contribution in [0.1, 0.15) is 56.5 Å². The molecule has 0 bridgehead atoms. The van der Waals surface area contributed by atoms with Crippen molar-refractivity contribution in [1.82, 2.24) is 15.5 Å². The molecule has 1 saturated heterocycles. The molecule has 32 heavy (non-hydrogen) atoms. The monoisotopic (exact) mass is 450 g/mol. The van der Waals surface area contributed by atoms with Crippen LogP contribution in [0.5, 0.6) is 0 Å². The molecule has 176 valence electrons. The van der Waals surface area contributed by atoms with Crippen LogP contribution in [0.15, 0.2) is 18.2 Å². The number of carbonyl (C=O) groups is 3. The Labute approximate surface area is 187 Å². The number of anilines is 1. The van der Waals surface area contributed by atoms with Gasteiger partial charge in [0, 0.05) is 43.0 Å². The zero-order chi connectivity index (χ0) is 23.6. The van der Waals surface area contributed by atoms with Crippen molar-refractivity contribution in [3.8, 4) is 0 Å². The quantitative estimate of drug-likeness (QED) is 0.668. The minimum absolute atomic E-state index is 0.0133. The second-order valence-electron chi connectivity index (χ2n) is 9.21. The number of nitrogens with zero attached hydrogens (tertiary/aromatic N) is 2. The van der Waals surface area contributed by atoms with E-state index in [2.05, 4.69) is 10.6 Å². The van der Waals surface area contributed by atoms with Crippen LogP contribution in [-0.2, 0) is 15.0 Å². The van der Waals surface area contributed by atoms with E-state index in [1.165, 1.54) is 4.90 Å². The van der Waals surface area contributed by atoms with Crippen molar-refractivity contribution in [3.63, 3.8) is 0 Å². The summed E-state index contributed by atoms with van der Waals surface area (Å²) in [5, 5.41) is 5.48. The first-order chi connectivity index (χ1) is 15.1. The third kappa shape index (κ3) is 4.62. The molecule has 0 spiro atoms. The smallest absolute Gasteiger partial charge is 0.315 e. The van der Waals surface area contributed by atoms with E-state index in [9.17, 15) is 23.2 Å². The van der Waals surface area contributed by atoms with E-state index in [1.807, 2.05) is 18.7 Å². The molecule has 1 fully saturated rings. The van der Waals surface area contributed by atoms with Crippen LogP contribution in [0.3, 0.4) is 0 Å². The van der Waals surface area contributed by atoms with Crippen LogP contribution in [0, 0.1) is 0 Å². The summed E-state index contributed by atoms with van der Waals surface area (Å²) in [6.07, 6.45) is -1.16. The number of carbonyl (C=O) groups excluding carboxylic acids is 3. The number of piperidine rings is 1. The van der Waals surface area contributed by atoms with E-state index in [4.69, 9.17) is 0 Å². The van der Waals surface area contributed by atoms with Gasteiger partial charge in [0.05, 0.1) is 5.41 Å². The van der Waals surface area contributed by atoms with Gasteiger partial charge < -0.3 is 20.4 Å². The van der Waals surface area contributed by atoms with E-state index < -0.39 is 17.7 Å². The predicted octanol–water partition coefficient (Wildman–Crippen LogP) is 2.29. The topological polar surface area (TPSA) is 81.8 Å². The Morgan fingerprint density at radius 3 is 2.62 bits per heavy atom. The van der Waals surface area contributed by atoms with Crippen LogP contribution in [0.2, 0.25) is 0 Å². The number of nitrogens with one attached hydrogen (secondary N) is 2. The van der Waals surface area contributed by atoms with Gasteiger partial charge >= 0.3 is 6.43 Å². The van der Waals surface area contributed by atoms with Crippen molar-refractivity contribution >= 4 is 23.4 Å². The SMILES string of the molecule is CC(C)N(C(=O)c1ccc2c(c1)N(CCNC(=O)C(F)F)C(=O)C2(C)C)C1CCCNC1. The number of alkyl halides is 2. The molecular formula is C23H32F2N4O3. The lowest BCUT2D eigenvalue weighted by Crippen LogP contribution is -2.51. The fourth-order valence-electron chi connectivity index (χ4n) is 4.61. The lowest BCUT2D eigenvalue weighted by Gasteiger charge is -2.37. The molecule has 1 aromatic carbocycles. The molecule has 2 heterocycles. The van der Waals surface area contributed by atoms with E-state index >= 15 is 0 Å². The summed E-state index contributed by atoms with van der Waals surface area (Å²) < 4.78 is 24.9. The largest absolute Gasteiger partial charge is 0.349 e. The Bertz CT molecular complexity index is 882. The van der Waals surface area contributed by atoms with Crippen LogP contribution >= 0.6 is 0 Å². The molecule has 9 heteroatoms. The van der Waals surface area contributed by atoms with Gasteiger partial charge in [-0.3, -0.25) is 14.4 Å². The third-order valence-electron chi connectivity index (χ3n) is 6.28. The summed E-state index contributed by atoms with van der Waals surface area (Å²) in [5.74, 6) is -1.66. The molecule has 0 aliphatic carbocycles. The number of halogens is 2. The molecule has 0 aromatic heterocycles. The van der Waals surface area contributed by atoms with Gasteiger partial charge in [-0.25, -0.2) is 0 Å². The molecule has 1 unspecified atom stereocenters. The molecule has 3 amide bonds. The second-order valence-corrected chi connectivity index (χ2v) is 9.21. The van der Waals surface area contributed by atoms with Gasteiger partial charge in [0.2, 0.25) is 5.91 Å². The van der Waals surface area contributed by atoms with Crippen LogP contribution in [-0.4, -0.2) is 67.3 Å². The number of hydrogen-bond donors (Lipinski definition) is 2. The molecule has 0 saturated carbocycles. The van der Waals surface area contributed by atoms with Crippen molar-refractivity contribution in [3.05, 3.63) is 29.3 Å². The lowest BCUT2D eigenvalue weighted by atomic mass is 9.86. The normalized spacial score (nSPS) is 19.9. The fraction of sp³-hybridized carbons (Fsp3) is 0.609. The fourth-order valence-corrected chi connectivity index (χ4v) is 4.61. The number of fused-ring (bicyclic) bond motifs is 1. The first-order valence-corrected chi connectivity index (χ1v) is 11.1. The van der Waals surface area contributed by atoms with Crippen molar-refractivity contribution in [1.29, 1.82) is 0 Å². The highest BCUT2D eigenvalue weighted by atomic mass is 19.3. The zero-order valence-corrected chi connectivity index (χ0v) is 19.1. The minimum Gasteiger partial charge on any atom is -0.349 e. The molecular weight excluding hydrogens is 418 g/mol. The summed E-state index contributed by atoms with van der Waals surface area (Å²) >= 11 is 0. The molecule has 0 radical (unpaired) electrons. The van der Waals surface area contributed by atoms with Gasteiger partial charge in [-0.15, -0.1) is 0 Å². The number of rotatable bonds is 7. The van der Waals surface area contributed by atoms with Gasteiger partial charge in [0.15, 0.2) is 0 Å². The molecule has 2 N–H and O–H groups in total. The highest BCUT2D eigenvalue weighted by Gasteiger charge is 2.44. The summed E-state index contributed by atoms with van der Waals surface area (Å²) in [7, 11) is 0. The Hall–Kier alpha value is -2.55. The Kier molecular flexibility index (Phi) is 7.17. The number of benzene rings is 1. The Morgan fingerprint density at radius 2 is 2.03 bits per heavy atom. The summed E-state index contributed by atoms with van der Waals surface area (Å²) in [6, 6.07) is 5.38. The summed E-state index contributed by atoms with van der Waals surface area (Å²) in [4.78, 5) is 41.0. The second kappa shape index (κ2) is 9.52. The first-order valence-electron chi connectivity index (χ1n) is 11.1. The van der Waals surface area contributed by atoms with E-state index in [1.54, 1.807) is 32.0 Å². The maximum absolute atomic E-state index is 13.5. The van der Waals surface area contributed by atoms with E-state index in [-0.39, 0.29) is 37.0 Å². The van der Waals surface area contributed by atoms with Crippen LogP contribution in [0.25, 0.3) is 0 Å². The first kappa shape index (κ1) is 24.1. The van der Waals surface area contributed by atoms with Crippen molar-refractivity contribution in [2.45, 2.75) is 64.5 Å². The minimum atomic E-state index is -3.10. The van der Waals surface area contributed by atoms with E-state index in [0.717, 1.165) is 31.5 Å². The molecule has 2 aliphatic rings. The standard InChI is InChI=1S/C23H32F2N4O3/c1-14(2)29(16-6-5-9-26-13-16)21(31)15-7-8-17-18(12-15)28(22(32)23(17,3)4)11-10-27-20(30)19(24)25/h7-8,12,14,16,19,26H,5-6,9-11,13H2,1-4H3,(H,27,30). The van der Waals surface area contributed by atoms with E-state index in [0.29, 0.717) is 11.3 Å². The Balaban J connectivity index is 1.86. The number of amides is 3. The van der Waals surface area contributed by atoms with Gasteiger partial charge in [0.25, 0.3) is 11.8 Å². The van der Waals surface area contributed by atoms with Gasteiger partial charge in [-0.05, 0) is 64.8 Å². The third-order valence-corrected chi connectivity index (χ3v) is 6.28. The summed E-state index contributed by atoms with van der Waals surface area (Å²) in [6.45, 7) is 9.21. The van der Waals surface area contributed by atoms with Crippen molar-refractivity contribution < 1.29 is 23.2 Å². The molecule has 7 nitrogen and oxygen atoms in total. The highest BCUT2D eigenvalue weighted by molar-refractivity contribution is 6.09. The highest BCUT2D eigenvalue weighted by Crippen LogP contribution is 2.42. The van der Waals surface area contributed by atoms with Crippen molar-refractivity contribution in [2.75, 3.05) is 31.1 Å². The van der Waals surface area contributed by atoms with Crippen molar-refractivity contribution in [2.24, 2.45) is 0 Å². The maximum atomic E-state index is 13.5. The number of hydrogen-bond acceptors (Lipinski definition) is 4.